The lowest BCUT2D eigenvalue weighted by Crippen LogP contribution is -2.31. The van der Waals surface area contributed by atoms with Crippen molar-refractivity contribution in [1.29, 1.82) is 0 Å². The van der Waals surface area contributed by atoms with Gasteiger partial charge in [-0.15, -0.1) is 11.8 Å². The van der Waals surface area contributed by atoms with E-state index in [2.05, 4.69) is 0 Å². The van der Waals surface area contributed by atoms with E-state index in [-0.39, 0.29) is 36.3 Å². The van der Waals surface area contributed by atoms with Crippen LogP contribution in [0.1, 0.15) is 13.3 Å². The summed E-state index contributed by atoms with van der Waals surface area (Å²) in [5, 5.41) is 8.84. The van der Waals surface area contributed by atoms with Crippen molar-refractivity contribution in [2.45, 2.75) is 18.6 Å². The van der Waals surface area contributed by atoms with Crippen molar-refractivity contribution in [3.63, 3.8) is 0 Å². The van der Waals surface area contributed by atoms with Crippen LogP contribution in [0.2, 0.25) is 0 Å². The molecule has 7 heteroatoms. The molecule has 112 valence electrons. The number of phenolic OH excluding ortho intramolecular Hbond substituents is 1. The van der Waals surface area contributed by atoms with Gasteiger partial charge in [0.1, 0.15) is 5.75 Å². The maximum Gasteiger partial charge on any atom is 0.315 e. The number of imide groups is 1. The highest BCUT2D eigenvalue weighted by Gasteiger charge is 2.40. The van der Waals surface area contributed by atoms with Crippen LogP contribution < -0.4 is 4.90 Å². The largest absolute Gasteiger partial charge is 0.508 e. The average molecular weight is 309 g/mol. The SMILES string of the molecule is CCOC(=O)CSC1CC(=O)N(c2cccc(O)c2)C1=O. The molecule has 1 fully saturated rings. The van der Waals surface area contributed by atoms with Gasteiger partial charge in [-0.05, 0) is 19.1 Å². The second-order valence-corrected chi connectivity index (χ2v) is 5.59. The lowest BCUT2D eigenvalue weighted by Gasteiger charge is -2.14. The van der Waals surface area contributed by atoms with E-state index in [1.807, 2.05) is 0 Å². The third-order valence-electron chi connectivity index (χ3n) is 2.90. The van der Waals surface area contributed by atoms with Crippen molar-refractivity contribution in [3.05, 3.63) is 24.3 Å². The van der Waals surface area contributed by atoms with Crippen LogP contribution in [0.15, 0.2) is 24.3 Å². The van der Waals surface area contributed by atoms with Crippen molar-refractivity contribution in [3.8, 4) is 5.75 Å². The fourth-order valence-electron chi connectivity index (χ4n) is 2.01. The molecule has 0 aliphatic carbocycles. The Balaban J connectivity index is 2.05. The second kappa shape index (κ2) is 6.62. The van der Waals surface area contributed by atoms with E-state index in [4.69, 9.17) is 4.74 Å². The summed E-state index contributed by atoms with van der Waals surface area (Å²) in [7, 11) is 0. The van der Waals surface area contributed by atoms with E-state index in [0.717, 1.165) is 16.7 Å². The van der Waals surface area contributed by atoms with E-state index in [0.29, 0.717) is 5.69 Å². The molecule has 2 amide bonds. The molecule has 1 aromatic rings. The topological polar surface area (TPSA) is 83.9 Å². The minimum atomic E-state index is -0.593. The molecule has 1 aromatic carbocycles. The molecule has 21 heavy (non-hydrogen) atoms. The molecule has 6 nitrogen and oxygen atoms in total. The first-order valence-electron chi connectivity index (χ1n) is 6.46. The molecule has 1 unspecified atom stereocenters. The monoisotopic (exact) mass is 309 g/mol. The van der Waals surface area contributed by atoms with Crippen molar-refractivity contribution in [1.82, 2.24) is 0 Å². The van der Waals surface area contributed by atoms with Crippen LogP contribution in [0.5, 0.6) is 5.75 Å². The quantitative estimate of drug-likeness (QED) is 0.652. The number of carbonyl (C=O) groups is 3. The molecule has 1 atom stereocenters. The molecule has 1 aliphatic heterocycles. The molecular weight excluding hydrogens is 294 g/mol. The maximum absolute atomic E-state index is 12.2. The predicted molar refractivity (Wildman–Crippen MR) is 78.1 cm³/mol. The lowest BCUT2D eigenvalue weighted by atomic mass is 10.3. The number of rotatable bonds is 5. The lowest BCUT2D eigenvalue weighted by molar-refractivity contribution is -0.139. The average Bonchev–Trinajstić information content (AvgIpc) is 2.71. The third-order valence-corrected chi connectivity index (χ3v) is 4.07. The number of ether oxygens (including phenoxy) is 1. The van der Waals surface area contributed by atoms with Gasteiger partial charge in [0.2, 0.25) is 11.8 Å². The summed E-state index contributed by atoms with van der Waals surface area (Å²) < 4.78 is 4.79. The number of hydrogen-bond donors (Lipinski definition) is 1. The number of amides is 2. The number of hydrogen-bond acceptors (Lipinski definition) is 6. The standard InChI is InChI=1S/C14H15NO5S/c1-2-20-13(18)8-21-11-7-12(17)15(14(11)19)9-4-3-5-10(16)6-9/h3-6,11,16H,2,7-8H2,1H3. The maximum atomic E-state index is 12.2. The highest BCUT2D eigenvalue weighted by molar-refractivity contribution is 8.01. The zero-order valence-electron chi connectivity index (χ0n) is 11.4. The van der Waals surface area contributed by atoms with Crippen molar-refractivity contribution in [2.75, 3.05) is 17.3 Å². The fourth-order valence-corrected chi connectivity index (χ4v) is 2.94. The molecule has 0 radical (unpaired) electrons. The van der Waals surface area contributed by atoms with Gasteiger partial charge in [0.15, 0.2) is 0 Å². The van der Waals surface area contributed by atoms with Crippen LogP contribution >= 0.6 is 11.8 Å². The second-order valence-electron chi connectivity index (χ2n) is 4.40. The van der Waals surface area contributed by atoms with Crippen molar-refractivity contribution < 1.29 is 24.2 Å². The Morgan fingerprint density at radius 1 is 1.48 bits per heavy atom. The van der Waals surface area contributed by atoms with Crippen molar-refractivity contribution in [2.24, 2.45) is 0 Å². The third kappa shape index (κ3) is 3.55. The molecule has 0 saturated carbocycles. The normalized spacial score (nSPS) is 18.1. The van der Waals surface area contributed by atoms with E-state index in [1.165, 1.54) is 12.1 Å². The van der Waals surface area contributed by atoms with Crippen molar-refractivity contribution >= 4 is 35.2 Å². The molecule has 1 saturated heterocycles. The number of aromatic hydroxyl groups is 1. The van der Waals surface area contributed by atoms with E-state index in [9.17, 15) is 19.5 Å². The number of carbonyl (C=O) groups excluding carboxylic acids is 3. The summed E-state index contributed by atoms with van der Waals surface area (Å²) in [6.07, 6.45) is 0.0402. The molecule has 1 heterocycles. The number of anilines is 1. The van der Waals surface area contributed by atoms with Gasteiger partial charge in [0.05, 0.1) is 23.3 Å². The minimum absolute atomic E-state index is 0.0178. The summed E-state index contributed by atoms with van der Waals surface area (Å²) in [4.78, 5) is 36.6. The fraction of sp³-hybridized carbons (Fsp3) is 0.357. The molecule has 0 aromatic heterocycles. The Labute approximate surface area is 126 Å². The predicted octanol–water partition coefficient (Wildman–Crippen LogP) is 1.32. The van der Waals surface area contributed by atoms with Gasteiger partial charge < -0.3 is 9.84 Å². The van der Waals surface area contributed by atoms with Crippen LogP contribution in [0.4, 0.5) is 5.69 Å². The van der Waals surface area contributed by atoms with E-state index < -0.39 is 11.2 Å². The van der Waals surface area contributed by atoms with Crippen LogP contribution in [-0.2, 0) is 19.1 Å². The summed E-state index contributed by atoms with van der Waals surface area (Å²) in [6, 6.07) is 5.95. The number of benzene rings is 1. The van der Waals surface area contributed by atoms with Crippen LogP contribution in [-0.4, -0.2) is 40.5 Å². The first-order chi connectivity index (χ1) is 10.0. The van der Waals surface area contributed by atoms with Crippen LogP contribution in [0, 0.1) is 0 Å². The summed E-state index contributed by atoms with van der Waals surface area (Å²) in [5.41, 5.74) is 0.337. The Hall–Kier alpha value is -2.02. The smallest absolute Gasteiger partial charge is 0.315 e. The highest BCUT2D eigenvalue weighted by Crippen LogP contribution is 2.31. The van der Waals surface area contributed by atoms with Crippen LogP contribution in [0.25, 0.3) is 0 Å². The Kier molecular flexibility index (Phi) is 4.85. The summed E-state index contributed by atoms with van der Waals surface area (Å²) >= 11 is 1.10. The number of phenols is 1. The number of thioether (sulfide) groups is 1. The van der Waals surface area contributed by atoms with Gasteiger partial charge >= 0.3 is 5.97 Å². The Morgan fingerprint density at radius 2 is 2.24 bits per heavy atom. The van der Waals surface area contributed by atoms with E-state index in [1.54, 1.807) is 19.1 Å². The Bertz CT molecular complexity index is 574. The molecule has 1 aliphatic rings. The highest BCUT2D eigenvalue weighted by atomic mass is 32.2. The van der Waals surface area contributed by atoms with Gasteiger partial charge in [0, 0.05) is 12.5 Å². The van der Waals surface area contributed by atoms with Crippen LogP contribution in [0.3, 0.4) is 0 Å². The molecule has 0 bridgehead atoms. The molecule has 0 spiro atoms. The molecular formula is C14H15NO5S. The minimum Gasteiger partial charge on any atom is -0.508 e. The van der Waals surface area contributed by atoms with E-state index >= 15 is 0 Å². The van der Waals surface area contributed by atoms with Gasteiger partial charge in [0.25, 0.3) is 0 Å². The first kappa shape index (κ1) is 15.4. The number of esters is 1. The first-order valence-corrected chi connectivity index (χ1v) is 7.51. The summed E-state index contributed by atoms with van der Waals surface area (Å²) in [5.74, 6) is -1.10. The summed E-state index contributed by atoms with van der Waals surface area (Å²) in [6.45, 7) is 1.99. The number of nitrogens with zero attached hydrogens (tertiary/aromatic N) is 1. The zero-order valence-corrected chi connectivity index (χ0v) is 12.3. The molecule has 2 rings (SSSR count). The molecule has 1 N–H and O–H groups in total. The van der Waals surface area contributed by atoms with Gasteiger partial charge in [-0.3, -0.25) is 14.4 Å². The zero-order chi connectivity index (χ0) is 15.4. The Morgan fingerprint density at radius 3 is 2.90 bits per heavy atom. The van der Waals surface area contributed by atoms with Gasteiger partial charge in [-0.1, -0.05) is 6.07 Å². The van der Waals surface area contributed by atoms with Gasteiger partial charge in [-0.2, -0.15) is 0 Å². The van der Waals surface area contributed by atoms with Gasteiger partial charge in [-0.25, -0.2) is 4.90 Å².